The van der Waals surface area contributed by atoms with Gasteiger partial charge in [-0.25, -0.2) is 4.68 Å². The third-order valence-electron chi connectivity index (χ3n) is 6.14. The Morgan fingerprint density at radius 2 is 1.37 bits per heavy atom. The van der Waals surface area contributed by atoms with Crippen molar-refractivity contribution < 1.29 is 4.92 Å². The van der Waals surface area contributed by atoms with Crippen LogP contribution in [-0.4, -0.2) is 18.9 Å². The Morgan fingerprint density at radius 1 is 0.800 bits per heavy atom. The van der Waals surface area contributed by atoms with E-state index in [-0.39, 0.29) is 16.8 Å². The first-order chi connectivity index (χ1) is 16.9. The van der Waals surface area contributed by atoms with Crippen molar-refractivity contribution in [2.45, 2.75) is 20.0 Å². The largest absolute Gasteiger partial charge is 0.308 e. The van der Waals surface area contributed by atoms with Crippen LogP contribution in [0.3, 0.4) is 0 Å². The molecule has 2 aromatic heterocycles. The molecule has 5 aromatic rings. The number of non-ortho nitro benzene ring substituents is 1. The van der Waals surface area contributed by atoms with Crippen molar-refractivity contribution in [2.24, 2.45) is 0 Å². The van der Waals surface area contributed by atoms with Gasteiger partial charge in [-0.1, -0.05) is 60.7 Å². The fraction of sp³-hybridized carbons (Fsp3) is 0.111. The molecule has 0 N–H and O–H groups in total. The van der Waals surface area contributed by atoms with E-state index in [0.717, 1.165) is 11.1 Å². The molecule has 0 aliphatic rings. The average Bonchev–Trinajstić information content (AvgIpc) is 3.13. The molecular formula is C27H22N4O4. The van der Waals surface area contributed by atoms with Gasteiger partial charge >= 0.3 is 0 Å². The molecule has 0 aliphatic carbocycles. The summed E-state index contributed by atoms with van der Waals surface area (Å²) in [4.78, 5) is 37.6. The van der Waals surface area contributed by atoms with Gasteiger partial charge < -0.3 is 4.57 Å². The molecule has 174 valence electrons. The summed E-state index contributed by atoms with van der Waals surface area (Å²) >= 11 is 0. The molecule has 35 heavy (non-hydrogen) atoms. The van der Waals surface area contributed by atoms with Gasteiger partial charge in [-0.3, -0.25) is 24.4 Å². The van der Waals surface area contributed by atoms with Crippen LogP contribution in [0.1, 0.15) is 16.8 Å². The van der Waals surface area contributed by atoms with Gasteiger partial charge in [0.05, 0.1) is 34.6 Å². The van der Waals surface area contributed by atoms with E-state index in [1.54, 1.807) is 28.3 Å². The number of pyridine rings is 1. The van der Waals surface area contributed by atoms with Crippen molar-refractivity contribution in [2.75, 3.05) is 0 Å². The highest BCUT2D eigenvalue weighted by Crippen LogP contribution is 2.21. The van der Waals surface area contributed by atoms with Gasteiger partial charge in [0, 0.05) is 23.9 Å². The van der Waals surface area contributed by atoms with Gasteiger partial charge in [0.25, 0.3) is 16.8 Å². The second-order valence-corrected chi connectivity index (χ2v) is 8.33. The zero-order valence-corrected chi connectivity index (χ0v) is 19.0. The maximum absolute atomic E-state index is 13.8. The Balaban J connectivity index is 1.75. The number of hydrogen-bond acceptors (Lipinski definition) is 4. The van der Waals surface area contributed by atoms with Crippen LogP contribution in [0.4, 0.5) is 5.69 Å². The molecule has 2 heterocycles. The van der Waals surface area contributed by atoms with E-state index in [4.69, 9.17) is 0 Å². The number of benzene rings is 3. The number of nitrogens with zero attached hydrogens (tertiary/aromatic N) is 4. The summed E-state index contributed by atoms with van der Waals surface area (Å²) in [6.07, 6.45) is 0. The number of rotatable bonds is 6. The Hall–Kier alpha value is -4.72. The van der Waals surface area contributed by atoms with E-state index in [0.29, 0.717) is 35.4 Å². The summed E-state index contributed by atoms with van der Waals surface area (Å²) in [7, 11) is 0. The van der Waals surface area contributed by atoms with Crippen molar-refractivity contribution in [3.8, 4) is 5.69 Å². The summed E-state index contributed by atoms with van der Waals surface area (Å²) in [6, 6.07) is 26.6. The Bertz CT molecular complexity index is 1650. The number of aryl methyl sites for hydroxylation is 1. The number of hydrogen-bond donors (Lipinski definition) is 0. The van der Waals surface area contributed by atoms with E-state index in [9.17, 15) is 19.7 Å². The Labute approximate surface area is 200 Å². The van der Waals surface area contributed by atoms with Crippen LogP contribution >= 0.6 is 0 Å². The van der Waals surface area contributed by atoms with Crippen LogP contribution in [0.15, 0.2) is 101 Å². The van der Waals surface area contributed by atoms with Crippen LogP contribution in [0.25, 0.3) is 16.6 Å². The van der Waals surface area contributed by atoms with Crippen LogP contribution in [0, 0.1) is 17.0 Å². The molecule has 0 amide bonds. The minimum Gasteiger partial charge on any atom is -0.308 e. The lowest BCUT2D eigenvalue weighted by Gasteiger charge is -2.14. The van der Waals surface area contributed by atoms with Gasteiger partial charge in [-0.15, -0.1) is 0 Å². The lowest BCUT2D eigenvalue weighted by atomic mass is 10.2. The third kappa shape index (κ3) is 4.06. The standard InChI is InChI=1S/C27H22N4O4/c1-19-26-24(16-25(32)28(19)17-20-8-4-2-5-9-20)29(18-21-10-6-3-7-11-21)30(27(26)33)22-12-14-23(15-13-22)31(34)35/h2-16H,17-18H2,1H3. The van der Waals surface area contributed by atoms with E-state index in [1.807, 2.05) is 60.7 Å². The van der Waals surface area contributed by atoms with Crippen molar-refractivity contribution >= 4 is 16.6 Å². The molecule has 8 heteroatoms. The summed E-state index contributed by atoms with van der Waals surface area (Å²) in [5.74, 6) is 0. The summed E-state index contributed by atoms with van der Waals surface area (Å²) in [5.41, 5.74) is 2.92. The number of nitro benzene ring substituents is 1. The third-order valence-corrected chi connectivity index (χ3v) is 6.14. The highest BCUT2D eigenvalue weighted by atomic mass is 16.6. The molecule has 0 saturated carbocycles. The maximum atomic E-state index is 13.8. The fourth-order valence-electron chi connectivity index (χ4n) is 4.39. The minimum atomic E-state index is -0.480. The van der Waals surface area contributed by atoms with Crippen LogP contribution < -0.4 is 11.1 Å². The summed E-state index contributed by atoms with van der Waals surface area (Å²) in [5, 5.41) is 11.6. The zero-order chi connectivity index (χ0) is 24.5. The number of fused-ring (bicyclic) bond motifs is 1. The smallest absolute Gasteiger partial charge is 0.281 e. The molecule has 0 fully saturated rings. The highest BCUT2D eigenvalue weighted by molar-refractivity contribution is 5.81. The SMILES string of the molecule is Cc1c2c(=O)n(-c3ccc([N+](=O)[O-])cc3)n(Cc3ccccc3)c2cc(=O)n1Cc1ccccc1. The summed E-state index contributed by atoms with van der Waals surface area (Å²) < 4.78 is 4.85. The molecule has 0 unspecified atom stereocenters. The average molecular weight is 466 g/mol. The van der Waals surface area contributed by atoms with Gasteiger partial charge in [-0.05, 0) is 30.2 Å². The number of aromatic nitrogens is 3. The van der Waals surface area contributed by atoms with Crippen LogP contribution in [0.5, 0.6) is 0 Å². The van der Waals surface area contributed by atoms with Crippen molar-refractivity contribution in [3.05, 3.63) is 139 Å². The summed E-state index contributed by atoms with van der Waals surface area (Å²) in [6.45, 7) is 2.47. The molecule has 0 atom stereocenters. The molecule has 0 saturated heterocycles. The van der Waals surface area contributed by atoms with Crippen LogP contribution in [-0.2, 0) is 13.1 Å². The maximum Gasteiger partial charge on any atom is 0.281 e. The molecule has 0 spiro atoms. The normalized spacial score (nSPS) is 11.1. The van der Waals surface area contributed by atoms with Gasteiger partial charge in [0.15, 0.2) is 0 Å². The monoisotopic (exact) mass is 466 g/mol. The zero-order valence-electron chi connectivity index (χ0n) is 19.0. The first-order valence-electron chi connectivity index (χ1n) is 11.1. The van der Waals surface area contributed by atoms with Gasteiger partial charge in [-0.2, -0.15) is 0 Å². The molecule has 8 nitrogen and oxygen atoms in total. The molecule has 0 bridgehead atoms. The second kappa shape index (κ2) is 8.90. The topological polar surface area (TPSA) is 92.1 Å². The predicted molar refractivity (Wildman–Crippen MR) is 134 cm³/mol. The lowest BCUT2D eigenvalue weighted by molar-refractivity contribution is -0.384. The molecule has 0 aliphatic heterocycles. The molecule has 0 radical (unpaired) electrons. The van der Waals surface area contributed by atoms with Crippen LogP contribution in [0.2, 0.25) is 0 Å². The van der Waals surface area contributed by atoms with Crippen molar-refractivity contribution in [1.82, 2.24) is 13.9 Å². The lowest BCUT2D eigenvalue weighted by Crippen LogP contribution is -2.23. The molecule has 5 rings (SSSR count). The highest BCUT2D eigenvalue weighted by Gasteiger charge is 2.20. The van der Waals surface area contributed by atoms with E-state index < -0.39 is 4.92 Å². The van der Waals surface area contributed by atoms with E-state index >= 15 is 0 Å². The quantitative estimate of drug-likeness (QED) is 0.276. The fourth-order valence-corrected chi connectivity index (χ4v) is 4.39. The first-order valence-corrected chi connectivity index (χ1v) is 11.1. The van der Waals surface area contributed by atoms with E-state index in [1.165, 1.54) is 22.9 Å². The van der Waals surface area contributed by atoms with Gasteiger partial charge in [0.2, 0.25) is 0 Å². The first kappa shape index (κ1) is 22.1. The minimum absolute atomic E-state index is 0.0637. The Kier molecular flexibility index (Phi) is 5.62. The van der Waals surface area contributed by atoms with Crippen molar-refractivity contribution in [3.63, 3.8) is 0 Å². The Morgan fingerprint density at radius 3 is 1.94 bits per heavy atom. The second-order valence-electron chi connectivity index (χ2n) is 8.33. The van der Waals surface area contributed by atoms with E-state index in [2.05, 4.69) is 0 Å². The predicted octanol–water partition coefficient (Wildman–Crippen LogP) is 4.27. The van der Waals surface area contributed by atoms with Crippen molar-refractivity contribution in [1.29, 1.82) is 0 Å². The van der Waals surface area contributed by atoms with Gasteiger partial charge in [0.1, 0.15) is 0 Å². The number of nitro groups is 1. The molecule has 3 aromatic carbocycles. The molecular weight excluding hydrogens is 444 g/mol.